The number of primary amides is 1. The van der Waals surface area contributed by atoms with Crippen LogP contribution in [-0.2, 0) is 14.3 Å². The molecule has 4 atom stereocenters. The van der Waals surface area contributed by atoms with Gasteiger partial charge in [-0.05, 0) is 38.0 Å². The Balaban J connectivity index is 1.99. The summed E-state index contributed by atoms with van der Waals surface area (Å²) in [4.78, 5) is 38.7. The Hall–Kier alpha value is -3.63. The van der Waals surface area contributed by atoms with E-state index < -0.39 is 58.9 Å². The van der Waals surface area contributed by atoms with Crippen molar-refractivity contribution in [3.05, 3.63) is 46.2 Å². The van der Waals surface area contributed by atoms with Gasteiger partial charge in [-0.1, -0.05) is 12.1 Å². The maximum atomic E-state index is 12.8. The molecule has 1 heterocycles. The van der Waals surface area contributed by atoms with Crippen molar-refractivity contribution in [1.29, 1.82) is 0 Å². The van der Waals surface area contributed by atoms with E-state index in [0.717, 1.165) is 0 Å². The van der Waals surface area contributed by atoms with Gasteiger partial charge in [0, 0.05) is 5.56 Å². The average Bonchev–Trinajstić information content (AvgIpc) is 3.05. The molecule has 2 aliphatic rings. The number of Topliss-reactive ketones (excluding diaryl/α,β-unsaturated/α-hetero) is 1. The van der Waals surface area contributed by atoms with Crippen molar-refractivity contribution in [2.75, 3.05) is 14.1 Å². The fraction of sp³-hybridized carbons (Fsp3) is 0.318. The summed E-state index contributed by atoms with van der Waals surface area (Å²) in [6.45, 7) is 1.65. The number of ketones is 1. The fourth-order valence-electron chi connectivity index (χ4n) is 4.87. The first-order valence-corrected chi connectivity index (χ1v) is 9.78. The first kappa shape index (κ1) is 21.6. The molecule has 168 valence electrons. The van der Waals surface area contributed by atoms with E-state index in [9.17, 15) is 34.8 Å². The number of benzene rings is 2. The van der Waals surface area contributed by atoms with Crippen LogP contribution >= 0.6 is 0 Å². The number of carbonyl (C=O) groups is 3. The zero-order chi connectivity index (χ0) is 23.6. The predicted molar refractivity (Wildman–Crippen MR) is 111 cm³/mol. The number of rotatable bonds is 3. The number of aliphatic hydroxyl groups is 2. The number of hydrogen-bond donors (Lipinski definition) is 5. The number of phenols is 2. The van der Waals surface area contributed by atoms with Crippen LogP contribution in [0.3, 0.4) is 0 Å². The summed E-state index contributed by atoms with van der Waals surface area (Å²) in [5, 5.41) is 43.1. The molecule has 2 aromatic carbocycles. The number of carbonyl (C=O) groups excluding carboxylic acids is 3. The van der Waals surface area contributed by atoms with Crippen molar-refractivity contribution in [1.82, 2.24) is 4.90 Å². The molecule has 0 saturated carbocycles. The number of aryl methyl sites for hydroxylation is 1. The first-order valence-electron chi connectivity index (χ1n) is 9.78. The summed E-state index contributed by atoms with van der Waals surface area (Å²) < 4.78 is 5.52. The minimum absolute atomic E-state index is 0.0736. The van der Waals surface area contributed by atoms with Gasteiger partial charge in [0.25, 0.3) is 5.91 Å². The van der Waals surface area contributed by atoms with Crippen molar-refractivity contribution < 1.29 is 39.5 Å². The van der Waals surface area contributed by atoms with Crippen LogP contribution in [0.25, 0.3) is 10.8 Å². The second-order valence-corrected chi connectivity index (χ2v) is 8.21. The molecule has 0 fully saturated rings. The highest BCUT2D eigenvalue weighted by atomic mass is 16.6. The van der Waals surface area contributed by atoms with Gasteiger partial charge in [-0.25, -0.2) is 4.79 Å². The third-order valence-electron chi connectivity index (χ3n) is 6.25. The minimum atomic E-state index is -1.83. The molecule has 10 heteroatoms. The van der Waals surface area contributed by atoms with E-state index in [1.165, 1.54) is 11.0 Å². The largest absolute Gasteiger partial charge is 0.510 e. The van der Waals surface area contributed by atoms with Gasteiger partial charge in [-0.3, -0.25) is 14.5 Å². The summed E-state index contributed by atoms with van der Waals surface area (Å²) in [5.41, 5.74) is 5.05. The molecule has 2 aromatic rings. The summed E-state index contributed by atoms with van der Waals surface area (Å²) in [6.07, 6.45) is -3.07. The predicted octanol–water partition coefficient (Wildman–Crippen LogP) is 0.558. The second-order valence-electron chi connectivity index (χ2n) is 8.21. The lowest BCUT2D eigenvalue weighted by molar-refractivity contribution is -0.136. The molecule has 0 unspecified atom stereocenters. The lowest BCUT2D eigenvalue weighted by Crippen LogP contribution is -2.54. The highest BCUT2D eigenvalue weighted by Crippen LogP contribution is 2.51. The maximum absolute atomic E-state index is 12.8. The molecule has 0 spiro atoms. The van der Waals surface area contributed by atoms with E-state index in [4.69, 9.17) is 10.5 Å². The van der Waals surface area contributed by atoms with Crippen LogP contribution in [0.4, 0.5) is 0 Å². The molecule has 32 heavy (non-hydrogen) atoms. The lowest BCUT2D eigenvalue weighted by Gasteiger charge is -2.40. The van der Waals surface area contributed by atoms with Gasteiger partial charge < -0.3 is 30.9 Å². The number of aromatic hydroxyl groups is 2. The first-order chi connectivity index (χ1) is 15.0. The zero-order valence-electron chi connectivity index (χ0n) is 17.5. The molecule has 0 bridgehead atoms. The van der Waals surface area contributed by atoms with Crippen LogP contribution in [0.15, 0.2) is 29.5 Å². The van der Waals surface area contributed by atoms with Crippen LogP contribution in [0, 0.1) is 12.8 Å². The Bertz CT molecular complexity index is 1230. The van der Waals surface area contributed by atoms with E-state index in [0.29, 0.717) is 10.9 Å². The second kappa shape index (κ2) is 7.21. The number of phenolic OH excluding ortho intramolecular Hbond substituents is 2. The third-order valence-corrected chi connectivity index (χ3v) is 6.25. The van der Waals surface area contributed by atoms with E-state index in [2.05, 4.69) is 0 Å². The van der Waals surface area contributed by atoms with Crippen LogP contribution in [-0.4, -0.2) is 69.2 Å². The third kappa shape index (κ3) is 2.76. The molecule has 10 nitrogen and oxygen atoms in total. The highest BCUT2D eigenvalue weighted by Gasteiger charge is 2.54. The Morgan fingerprint density at radius 3 is 2.41 bits per heavy atom. The number of esters is 1. The number of nitrogens with two attached hydrogens (primary N) is 1. The smallest absolute Gasteiger partial charge is 0.343 e. The van der Waals surface area contributed by atoms with Crippen molar-refractivity contribution >= 4 is 28.4 Å². The fourth-order valence-corrected chi connectivity index (χ4v) is 4.87. The average molecular weight is 442 g/mol. The molecule has 4 rings (SSSR count). The molecular weight excluding hydrogens is 420 g/mol. The lowest BCUT2D eigenvalue weighted by atomic mass is 9.74. The Morgan fingerprint density at radius 2 is 1.81 bits per heavy atom. The van der Waals surface area contributed by atoms with Crippen molar-refractivity contribution in [3.8, 4) is 11.5 Å². The van der Waals surface area contributed by atoms with Gasteiger partial charge in [0.05, 0.1) is 17.3 Å². The molecule has 6 N–H and O–H groups in total. The normalized spacial score (nSPS) is 25.4. The van der Waals surface area contributed by atoms with Crippen molar-refractivity contribution in [3.63, 3.8) is 0 Å². The zero-order valence-corrected chi connectivity index (χ0v) is 17.5. The monoisotopic (exact) mass is 442 g/mol. The van der Waals surface area contributed by atoms with Gasteiger partial charge >= 0.3 is 5.97 Å². The SMILES string of the molecule is Cc1c2c(c(O)c3c(O)cccc13)C(=O)O[C@H]2[C@@H]1[C@H](O)C(=O)C(C(N)=O)=C(O)[C@H]1N(C)C. The van der Waals surface area contributed by atoms with Crippen LogP contribution < -0.4 is 5.73 Å². The molecule has 1 aliphatic carbocycles. The van der Waals surface area contributed by atoms with Crippen LogP contribution in [0.2, 0.25) is 0 Å². The topological polar surface area (TPSA) is 171 Å². The quantitative estimate of drug-likeness (QED) is 0.336. The summed E-state index contributed by atoms with van der Waals surface area (Å²) in [6, 6.07) is 3.47. The highest BCUT2D eigenvalue weighted by molar-refractivity contribution is 6.21. The Morgan fingerprint density at radius 1 is 1.16 bits per heavy atom. The number of nitrogens with zero attached hydrogens (tertiary/aromatic N) is 1. The Labute approximate surface area is 182 Å². The van der Waals surface area contributed by atoms with Gasteiger partial charge in [-0.2, -0.15) is 0 Å². The molecule has 1 aliphatic heterocycles. The molecule has 0 saturated heterocycles. The molecule has 0 radical (unpaired) electrons. The number of aliphatic hydroxyl groups excluding tert-OH is 2. The summed E-state index contributed by atoms with van der Waals surface area (Å²) >= 11 is 0. The van der Waals surface area contributed by atoms with Gasteiger partial charge in [-0.15, -0.1) is 0 Å². The van der Waals surface area contributed by atoms with Gasteiger partial charge in [0.2, 0.25) is 5.78 Å². The number of ether oxygens (including phenoxy) is 1. The minimum Gasteiger partial charge on any atom is -0.510 e. The number of cyclic esters (lactones) is 1. The number of fused-ring (bicyclic) bond motifs is 2. The van der Waals surface area contributed by atoms with E-state index >= 15 is 0 Å². The molecule has 0 aromatic heterocycles. The van der Waals surface area contributed by atoms with Crippen molar-refractivity contribution in [2.45, 2.75) is 25.2 Å². The van der Waals surface area contributed by atoms with E-state index in [1.807, 2.05) is 0 Å². The Kier molecular flexibility index (Phi) is 4.87. The van der Waals surface area contributed by atoms with Crippen LogP contribution in [0.1, 0.15) is 27.6 Å². The van der Waals surface area contributed by atoms with Gasteiger partial charge in [0.15, 0.2) is 0 Å². The van der Waals surface area contributed by atoms with Crippen LogP contribution in [0.5, 0.6) is 11.5 Å². The molecular formula is C22H22N2O8. The molecule has 1 amide bonds. The van der Waals surface area contributed by atoms with E-state index in [1.54, 1.807) is 33.2 Å². The standard InChI is InChI=1S/C22H22N2O8/c1-7-8-5-4-6-9(25)11(8)16(26)12-10(7)20(32-22(12)31)13-15(24(2)3)17(27)14(21(23)30)19(29)18(13)28/h4-6,13,15,18,20,25-28H,1-3H3,(H2,23,30)/t13-,15-,18-,20+/m0/s1. The number of amides is 1. The summed E-state index contributed by atoms with van der Waals surface area (Å²) in [7, 11) is 3.10. The number of hydrogen-bond acceptors (Lipinski definition) is 9. The van der Waals surface area contributed by atoms with E-state index in [-0.39, 0.29) is 22.3 Å². The van der Waals surface area contributed by atoms with Crippen molar-refractivity contribution in [2.24, 2.45) is 11.7 Å². The summed E-state index contributed by atoms with van der Waals surface area (Å²) in [5.74, 6) is -5.73. The maximum Gasteiger partial charge on any atom is 0.343 e. The van der Waals surface area contributed by atoms with Gasteiger partial charge in [0.1, 0.15) is 40.6 Å². The number of likely N-dealkylation sites (N-methyl/N-ethyl adjacent to an activating group) is 1.